The van der Waals surface area contributed by atoms with Gasteiger partial charge in [-0.15, -0.1) is 11.3 Å². The lowest BCUT2D eigenvalue weighted by Crippen LogP contribution is -2.21. The molecule has 2 N–H and O–H groups in total. The Morgan fingerprint density at radius 2 is 1.82 bits per heavy atom. The Morgan fingerprint density at radius 1 is 1.08 bits per heavy atom. The van der Waals surface area contributed by atoms with Gasteiger partial charge in [-0.05, 0) is 63.6 Å². The zero-order chi connectivity index (χ0) is 26.6. The molecule has 0 unspecified atom stereocenters. The summed E-state index contributed by atoms with van der Waals surface area (Å²) in [5.74, 6) is 1.51. The van der Waals surface area contributed by atoms with Crippen LogP contribution in [0.5, 0.6) is 17.2 Å². The van der Waals surface area contributed by atoms with Crippen LogP contribution in [0.3, 0.4) is 0 Å². The number of fused-ring (bicyclic) bond motifs is 1. The molecule has 0 aliphatic heterocycles. The van der Waals surface area contributed by atoms with Crippen LogP contribution in [-0.2, 0) is 12.8 Å². The van der Waals surface area contributed by atoms with Gasteiger partial charge in [-0.2, -0.15) is 9.78 Å². The summed E-state index contributed by atoms with van der Waals surface area (Å²) in [5, 5.41) is 9.57. The molecule has 3 aromatic heterocycles. The third kappa shape index (κ3) is 5.01. The molecule has 198 valence electrons. The van der Waals surface area contributed by atoms with Crippen LogP contribution < -0.4 is 25.1 Å². The number of aryl methyl sites for hydroxylation is 1. The SMILES string of the molecule is CCOc1cc(C(=O)Nc2cc(-c3cccs3)nn2-c2nc3c(c(=O)[nH]2)CCC3)cc(OCC)c1OCC. The summed E-state index contributed by atoms with van der Waals surface area (Å²) in [7, 11) is 0. The molecule has 0 fully saturated rings. The Bertz CT molecular complexity index is 1480. The van der Waals surface area contributed by atoms with Crippen molar-refractivity contribution in [3.8, 4) is 33.8 Å². The van der Waals surface area contributed by atoms with E-state index in [2.05, 4.69) is 20.4 Å². The number of carbonyl (C=O) groups excluding carboxylic acids is 1. The number of hydrogen-bond acceptors (Lipinski definition) is 8. The third-order valence-electron chi connectivity index (χ3n) is 6.03. The van der Waals surface area contributed by atoms with Gasteiger partial charge in [-0.3, -0.25) is 14.6 Å². The fourth-order valence-corrected chi connectivity index (χ4v) is 5.09. The van der Waals surface area contributed by atoms with Crippen molar-refractivity contribution in [3.05, 3.63) is 62.9 Å². The molecule has 0 radical (unpaired) electrons. The maximum Gasteiger partial charge on any atom is 0.257 e. The molecule has 11 heteroatoms. The average molecular weight is 536 g/mol. The van der Waals surface area contributed by atoms with Gasteiger partial charge in [0.1, 0.15) is 11.5 Å². The number of H-pyrrole nitrogens is 1. The number of aromatic amines is 1. The quantitative estimate of drug-likeness (QED) is 0.304. The molecule has 10 nitrogen and oxygen atoms in total. The van der Waals surface area contributed by atoms with Crippen molar-refractivity contribution in [1.29, 1.82) is 0 Å². The van der Waals surface area contributed by atoms with E-state index in [0.29, 0.717) is 66.1 Å². The van der Waals surface area contributed by atoms with E-state index in [-0.39, 0.29) is 11.5 Å². The highest BCUT2D eigenvalue weighted by Crippen LogP contribution is 2.39. The monoisotopic (exact) mass is 535 g/mol. The molecule has 0 saturated carbocycles. The number of benzene rings is 1. The summed E-state index contributed by atoms with van der Waals surface area (Å²) in [4.78, 5) is 34.7. The van der Waals surface area contributed by atoms with Gasteiger partial charge < -0.3 is 19.5 Å². The van der Waals surface area contributed by atoms with Crippen molar-refractivity contribution in [1.82, 2.24) is 19.7 Å². The number of amides is 1. The Kier molecular flexibility index (Phi) is 7.45. The summed E-state index contributed by atoms with van der Waals surface area (Å²) < 4.78 is 18.8. The number of rotatable bonds is 10. The van der Waals surface area contributed by atoms with Gasteiger partial charge in [0.2, 0.25) is 11.7 Å². The summed E-state index contributed by atoms with van der Waals surface area (Å²) in [6.07, 6.45) is 2.34. The molecule has 1 amide bonds. The van der Waals surface area contributed by atoms with E-state index in [4.69, 9.17) is 14.2 Å². The molecule has 38 heavy (non-hydrogen) atoms. The Labute approximate surface area is 223 Å². The standard InChI is InChI=1S/C27H29N5O5S/c1-4-35-20-13-16(14-21(36-5-2)24(20)37-6-3)25(33)29-23-15-19(22-11-8-12-38-22)31-32(23)27-28-18-10-7-9-17(18)26(34)30-27/h8,11-15H,4-7,9-10H2,1-3H3,(H,29,33)(H,28,30,34). The van der Waals surface area contributed by atoms with Gasteiger partial charge in [0.05, 0.1) is 30.4 Å². The van der Waals surface area contributed by atoms with Crippen molar-refractivity contribution in [3.63, 3.8) is 0 Å². The van der Waals surface area contributed by atoms with E-state index >= 15 is 0 Å². The van der Waals surface area contributed by atoms with Gasteiger partial charge >= 0.3 is 0 Å². The first-order chi connectivity index (χ1) is 18.5. The van der Waals surface area contributed by atoms with E-state index in [1.54, 1.807) is 18.2 Å². The fraction of sp³-hybridized carbons (Fsp3) is 0.333. The van der Waals surface area contributed by atoms with Crippen molar-refractivity contribution in [2.45, 2.75) is 40.0 Å². The van der Waals surface area contributed by atoms with Crippen LogP contribution in [0.2, 0.25) is 0 Å². The number of thiophene rings is 1. The number of aromatic nitrogens is 4. The fourth-order valence-electron chi connectivity index (χ4n) is 4.41. The van der Waals surface area contributed by atoms with Crippen molar-refractivity contribution >= 4 is 23.1 Å². The smallest absolute Gasteiger partial charge is 0.257 e. The summed E-state index contributed by atoms with van der Waals surface area (Å²) in [5.41, 5.74) is 2.27. The molecule has 0 bridgehead atoms. The molecular formula is C27H29N5O5S. The normalized spacial score (nSPS) is 12.3. The molecular weight excluding hydrogens is 506 g/mol. The molecule has 4 aromatic rings. The van der Waals surface area contributed by atoms with E-state index in [9.17, 15) is 9.59 Å². The lowest BCUT2D eigenvalue weighted by molar-refractivity contribution is 0.102. The molecule has 0 saturated heterocycles. The Morgan fingerprint density at radius 3 is 2.47 bits per heavy atom. The number of carbonyl (C=O) groups is 1. The van der Waals surface area contributed by atoms with Crippen LogP contribution in [0.25, 0.3) is 16.5 Å². The van der Waals surface area contributed by atoms with Gasteiger partial charge in [0.25, 0.3) is 11.5 Å². The highest BCUT2D eigenvalue weighted by Gasteiger charge is 2.23. The molecule has 1 aliphatic rings. The van der Waals surface area contributed by atoms with Crippen LogP contribution in [0.4, 0.5) is 5.82 Å². The Hall–Kier alpha value is -4.12. The average Bonchev–Trinajstić information content (AvgIpc) is 3.67. The first kappa shape index (κ1) is 25.5. The molecule has 0 spiro atoms. The highest BCUT2D eigenvalue weighted by molar-refractivity contribution is 7.13. The second-order valence-corrected chi connectivity index (χ2v) is 9.47. The lowest BCUT2D eigenvalue weighted by atomic mass is 10.1. The number of ether oxygens (including phenoxy) is 3. The minimum Gasteiger partial charge on any atom is -0.490 e. The maximum absolute atomic E-state index is 13.5. The molecule has 5 rings (SSSR count). The van der Waals surface area contributed by atoms with E-state index in [1.807, 2.05) is 38.3 Å². The lowest BCUT2D eigenvalue weighted by Gasteiger charge is -2.17. The summed E-state index contributed by atoms with van der Waals surface area (Å²) in [6, 6.07) is 8.89. The van der Waals surface area contributed by atoms with Crippen molar-refractivity contribution in [2.24, 2.45) is 0 Å². The van der Waals surface area contributed by atoms with E-state index in [0.717, 1.165) is 23.4 Å². The van der Waals surface area contributed by atoms with E-state index < -0.39 is 5.91 Å². The number of nitrogens with zero attached hydrogens (tertiary/aromatic N) is 3. The first-order valence-corrected chi connectivity index (χ1v) is 13.5. The zero-order valence-electron chi connectivity index (χ0n) is 21.5. The second-order valence-electron chi connectivity index (χ2n) is 8.53. The molecule has 3 heterocycles. The molecule has 0 atom stereocenters. The Balaban J connectivity index is 1.55. The van der Waals surface area contributed by atoms with Crippen LogP contribution in [0.15, 0.2) is 40.5 Å². The van der Waals surface area contributed by atoms with Crippen LogP contribution in [-0.4, -0.2) is 45.5 Å². The number of hydrogen-bond donors (Lipinski definition) is 2. The minimum atomic E-state index is -0.405. The van der Waals surface area contributed by atoms with Crippen LogP contribution in [0.1, 0.15) is 48.8 Å². The molecule has 1 aromatic carbocycles. The molecule has 1 aliphatic carbocycles. The highest BCUT2D eigenvalue weighted by atomic mass is 32.1. The van der Waals surface area contributed by atoms with Gasteiger partial charge in [0.15, 0.2) is 11.5 Å². The van der Waals surface area contributed by atoms with Crippen molar-refractivity contribution in [2.75, 3.05) is 25.1 Å². The van der Waals surface area contributed by atoms with E-state index in [1.165, 1.54) is 16.0 Å². The minimum absolute atomic E-state index is 0.179. The van der Waals surface area contributed by atoms with Gasteiger partial charge in [0, 0.05) is 17.2 Å². The largest absolute Gasteiger partial charge is 0.490 e. The number of anilines is 1. The topological polar surface area (TPSA) is 120 Å². The third-order valence-corrected chi connectivity index (χ3v) is 6.92. The number of nitrogens with one attached hydrogen (secondary N) is 2. The summed E-state index contributed by atoms with van der Waals surface area (Å²) >= 11 is 1.52. The second kappa shape index (κ2) is 11.1. The van der Waals surface area contributed by atoms with Crippen LogP contribution in [0, 0.1) is 0 Å². The van der Waals surface area contributed by atoms with Gasteiger partial charge in [-0.25, -0.2) is 4.98 Å². The predicted molar refractivity (Wildman–Crippen MR) is 145 cm³/mol. The van der Waals surface area contributed by atoms with Gasteiger partial charge in [-0.1, -0.05) is 6.07 Å². The summed E-state index contributed by atoms with van der Waals surface area (Å²) in [6.45, 7) is 6.80. The van der Waals surface area contributed by atoms with Crippen LogP contribution >= 0.6 is 11.3 Å². The van der Waals surface area contributed by atoms with Crippen molar-refractivity contribution < 1.29 is 19.0 Å². The predicted octanol–water partition coefficient (Wildman–Crippen LogP) is 4.62. The first-order valence-electron chi connectivity index (χ1n) is 12.7. The maximum atomic E-state index is 13.5. The zero-order valence-corrected chi connectivity index (χ0v) is 22.3.